The second kappa shape index (κ2) is 12.2. The molecule has 2 amide bonds. The molecule has 4 aromatic rings. The maximum atomic E-state index is 14.0. The molecule has 230 valence electrons. The lowest BCUT2D eigenvalue weighted by atomic mass is 9.98. The van der Waals surface area contributed by atoms with Gasteiger partial charge < -0.3 is 20.1 Å². The fourth-order valence-corrected chi connectivity index (χ4v) is 5.45. The van der Waals surface area contributed by atoms with Crippen LogP contribution < -0.4 is 15.5 Å². The van der Waals surface area contributed by atoms with Crippen molar-refractivity contribution in [3.63, 3.8) is 0 Å². The van der Waals surface area contributed by atoms with Gasteiger partial charge in [0.05, 0.1) is 37.0 Å². The maximum Gasteiger partial charge on any atom is 0.320 e. The topological polar surface area (TPSA) is 143 Å². The highest BCUT2D eigenvalue weighted by Crippen LogP contribution is 2.32. The Morgan fingerprint density at radius 3 is 2.61 bits per heavy atom. The predicted octanol–water partition coefficient (Wildman–Crippen LogP) is 2.87. The number of hydrogen-bond donors (Lipinski definition) is 3. The molecule has 0 saturated carbocycles. The van der Waals surface area contributed by atoms with Gasteiger partial charge in [0.25, 0.3) is 0 Å². The molecule has 0 bridgehead atoms. The predicted molar refractivity (Wildman–Crippen MR) is 160 cm³/mol. The minimum atomic E-state index is -0.741. The summed E-state index contributed by atoms with van der Waals surface area (Å²) in [5.74, 6) is 0.363. The third kappa shape index (κ3) is 6.24. The molecule has 2 aliphatic heterocycles. The first-order valence-electron chi connectivity index (χ1n) is 14.3. The minimum Gasteiger partial charge on any atom is -0.386 e. The van der Waals surface area contributed by atoms with Crippen molar-refractivity contribution in [2.24, 2.45) is 0 Å². The quantitative estimate of drug-likeness (QED) is 0.245. The molecule has 2 atom stereocenters. The monoisotopic (exact) mass is 603 g/mol. The summed E-state index contributed by atoms with van der Waals surface area (Å²) in [6.45, 7) is 5.84. The zero-order valence-electron chi connectivity index (χ0n) is 24.6. The molecule has 0 aliphatic carbocycles. The number of aromatic nitrogens is 5. The molecular weight excluding hydrogens is 569 g/mol. The van der Waals surface area contributed by atoms with Crippen molar-refractivity contribution in [1.82, 2.24) is 35.1 Å². The number of ether oxygens (including phenoxy) is 1. The van der Waals surface area contributed by atoms with Crippen LogP contribution in [0, 0.1) is 12.9 Å². The largest absolute Gasteiger partial charge is 0.386 e. The van der Waals surface area contributed by atoms with Crippen LogP contribution >= 0.6 is 0 Å². The Hall–Kier alpha value is -4.50. The van der Waals surface area contributed by atoms with Crippen LogP contribution in [0.25, 0.3) is 16.9 Å². The number of nitrogens with one attached hydrogen (secondary N) is 2. The number of urea groups is 1. The minimum absolute atomic E-state index is 0.365. The van der Waals surface area contributed by atoms with Gasteiger partial charge in [0, 0.05) is 49.9 Å². The van der Waals surface area contributed by atoms with E-state index < -0.39 is 29.7 Å². The summed E-state index contributed by atoms with van der Waals surface area (Å²) in [7, 11) is 1.60. The smallest absolute Gasteiger partial charge is 0.320 e. The molecule has 3 aromatic heterocycles. The number of amides is 2. The van der Waals surface area contributed by atoms with Crippen molar-refractivity contribution in [2.75, 3.05) is 50.1 Å². The van der Waals surface area contributed by atoms with Gasteiger partial charge in [0.1, 0.15) is 17.6 Å². The van der Waals surface area contributed by atoms with Crippen LogP contribution in [0.15, 0.2) is 61.1 Å². The standard InChI is InChI=1S/C30H34FN9O4/c1-19-25(21-14-33-28(34-15-21)38-17-30(2,42)18-38)37-40(22-7-5-4-6-8-22)27(19)36-29(41)35-23-16-39(11-12-43-3)44-26(23)20-9-10-32-24(31)13-20/h4-10,13-15,23,26,42H,11-12,16-18H2,1-3H3,(H2,35,36,41)/t23-,26+/m1/s1. The zero-order valence-corrected chi connectivity index (χ0v) is 24.6. The number of aliphatic hydroxyl groups is 1. The van der Waals surface area contributed by atoms with Gasteiger partial charge in [-0.15, -0.1) is 0 Å². The van der Waals surface area contributed by atoms with E-state index in [4.69, 9.17) is 14.7 Å². The van der Waals surface area contributed by atoms with Crippen molar-refractivity contribution >= 4 is 17.8 Å². The highest BCUT2D eigenvalue weighted by Gasteiger charge is 2.38. The lowest BCUT2D eigenvalue weighted by molar-refractivity contribution is -0.154. The molecule has 0 spiro atoms. The first-order valence-corrected chi connectivity index (χ1v) is 14.3. The first-order chi connectivity index (χ1) is 21.2. The summed E-state index contributed by atoms with van der Waals surface area (Å²) in [5, 5.41) is 22.6. The molecule has 3 N–H and O–H groups in total. The van der Waals surface area contributed by atoms with Gasteiger partial charge in [0.2, 0.25) is 11.9 Å². The van der Waals surface area contributed by atoms with E-state index in [1.165, 1.54) is 12.3 Å². The first kappa shape index (κ1) is 29.6. The lowest BCUT2D eigenvalue weighted by Crippen LogP contribution is -2.60. The zero-order chi connectivity index (χ0) is 30.8. The van der Waals surface area contributed by atoms with E-state index in [1.54, 1.807) is 42.2 Å². The van der Waals surface area contributed by atoms with Crippen molar-refractivity contribution in [1.29, 1.82) is 0 Å². The number of halogens is 1. The van der Waals surface area contributed by atoms with Crippen molar-refractivity contribution in [3.05, 3.63) is 78.1 Å². The third-order valence-electron chi connectivity index (χ3n) is 7.58. The molecule has 2 fully saturated rings. The molecule has 6 rings (SSSR count). The van der Waals surface area contributed by atoms with Crippen molar-refractivity contribution in [2.45, 2.75) is 31.6 Å². The number of benzene rings is 1. The molecule has 0 radical (unpaired) electrons. The van der Waals surface area contributed by atoms with Crippen LogP contribution in [0.2, 0.25) is 0 Å². The number of β-amino-alcohol motifs (C(OH)–C–C–N with tert-alkyl or cyclic N) is 1. The van der Waals surface area contributed by atoms with E-state index >= 15 is 0 Å². The number of hydroxylamine groups is 2. The molecule has 5 heterocycles. The van der Waals surface area contributed by atoms with Crippen LogP contribution in [0.4, 0.5) is 21.0 Å². The molecular formula is C30H34FN9O4. The number of methoxy groups -OCH3 is 1. The van der Waals surface area contributed by atoms with E-state index in [9.17, 15) is 14.3 Å². The Morgan fingerprint density at radius 2 is 1.93 bits per heavy atom. The van der Waals surface area contributed by atoms with Gasteiger partial charge in [-0.25, -0.2) is 24.4 Å². The Kier molecular flexibility index (Phi) is 8.23. The van der Waals surface area contributed by atoms with Gasteiger partial charge in [-0.05, 0) is 43.7 Å². The van der Waals surface area contributed by atoms with Crippen molar-refractivity contribution in [3.8, 4) is 16.9 Å². The normalized spacial score (nSPS) is 19.5. The number of carbonyl (C=O) groups excluding carboxylic acids is 1. The van der Waals surface area contributed by atoms with Gasteiger partial charge in [0.15, 0.2) is 0 Å². The van der Waals surface area contributed by atoms with Gasteiger partial charge >= 0.3 is 6.03 Å². The Bertz CT molecular complexity index is 1610. The Labute approximate surface area is 253 Å². The molecule has 14 heteroatoms. The number of pyridine rings is 1. The third-order valence-corrected chi connectivity index (χ3v) is 7.58. The number of hydrogen-bond acceptors (Lipinski definition) is 10. The second-order valence-corrected chi connectivity index (χ2v) is 11.2. The number of rotatable bonds is 9. The number of anilines is 2. The fraction of sp³-hybridized carbons (Fsp3) is 0.367. The Balaban J connectivity index is 1.25. The molecule has 2 saturated heterocycles. The van der Waals surface area contributed by atoms with Crippen LogP contribution in [0.1, 0.15) is 24.2 Å². The average Bonchev–Trinajstić information content (AvgIpc) is 3.55. The number of nitrogens with zero attached hydrogens (tertiary/aromatic N) is 7. The van der Waals surface area contributed by atoms with E-state index in [0.29, 0.717) is 66.9 Å². The Morgan fingerprint density at radius 1 is 1.18 bits per heavy atom. The van der Waals surface area contributed by atoms with Crippen LogP contribution in [-0.2, 0) is 9.57 Å². The van der Waals surface area contributed by atoms with E-state index in [0.717, 1.165) is 5.69 Å². The molecule has 13 nitrogen and oxygen atoms in total. The molecule has 0 unspecified atom stereocenters. The van der Waals surface area contributed by atoms with Crippen molar-refractivity contribution < 1.29 is 23.9 Å². The number of carbonyl (C=O) groups is 1. The van der Waals surface area contributed by atoms with Gasteiger partial charge in [-0.1, -0.05) is 18.2 Å². The van der Waals surface area contributed by atoms with Crippen LogP contribution in [0.3, 0.4) is 0 Å². The molecule has 44 heavy (non-hydrogen) atoms. The van der Waals surface area contributed by atoms with Crippen LogP contribution in [-0.4, -0.2) is 92.5 Å². The molecule has 1 aromatic carbocycles. The number of para-hydroxylation sites is 1. The van der Waals surface area contributed by atoms with Gasteiger partial charge in [-0.2, -0.15) is 14.6 Å². The highest BCUT2D eigenvalue weighted by atomic mass is 19.1. The summed E-state index contributed by atoms with van der Waals surface area (Å²) in [4.78, 5) is 34.1. The summed E-state index contributed by atoms with van der Waals surface area (Å²) >= 11 is 0. The van der Waals surface area contributed by atoms with E-state index in [1.807, 2.05) is 42.2 Å². The SMILES string of the molecule is COCCN1C[C@@H](NC(=O)Nc2c(C)c(-c3cnc(N4CC(C)(O)C4)nc3)nn2-c2ccccc2)[C@H](c2ccnc(F)c2)O1. The summed E-state index contributed by atoms with van der Waals surface area (Å²) in [6.07, 6.45) is 4.12. The second-order valence-electron chi connectivity index (χ2n) is 11.2. The summed E-state index contributed by atoms with van der Waals surface area (Å²) in [6, 6.07) is 11.5. The molecule has 2 aliphatic rings. The van der Waals surface area contributed by atoms with E-state index in [-0.39, 0.29) is 0 Å². The highest BCUT2D eigenvalue weighted by molar-refractivity contribution is 5.91. The van der Waals surface area contributed by atoms with Crippen LogP contribution in [0.5, 0.6) is 0 Å². The average molecular weight is 604 g/mol. The summed E-state index contributed by atoms with van der Waals surface area (Å²) < 4.78 is 20.8. The maximum absolute atomic E-state index is 14.0. The fourth-order valence-electron chi connectivity index (χ4n) is 5.45. The summed E-state index contributed by atoms with van der Waals surface area (Å²) in [5.41, 5.74) is 2.55. The van der Waals surface area contributed by atoms with E-state index in [2.05, 4.69) is 25.6 Å². The van der Waals surface area contributed by atoms with Gasteiger partial charge in [-0.3, -0.25) is 10.2 Å². The lowest BCUT2D eigenvalue weighted by Gasteiger charge is -2.44.